The second kappa shape index (κ2) is 6.20. The van der Waals surface area contributed by atoms with Crippen LogP contribution in [0, 0.1) is 5.92 Å². The molecule has 21 heavy (non-hydrogen) atoms. The molecule has 4 heteroatoms. The minimum Gasteiger partial charge on any atom is -0.351 e. The second-order valence-corrected chi connectivity index (χ2v) is 6.68. The third kappa shape index (κ3) is 2.85. The summed E-state index contributed by atoms with van der Waals surface area (Å²) in [5.74, 6) is 1.52. The van der Waals surface area contributed by atoms with Gasteiger partial charge in [0.15, 0.2) is 0 Å². The Morgan fingerprint density at radius 1 is 1.38 bits per heavy atom. The summed E-state index contributed by atoms with van der Waals surface area (Å²) in [6, 6.07) is 2.28. The van der Waals surface area contributed by atoms with Gasteiger partial charge in [-0.3, -0.25) is 4.79 Å². The molecule has 1 amide bonds. The lowest BCUT2D eigenvalue weighted by atomic mass is 9.96. The van der Waals surface area contributed by atoms with E-state index in [2.05, 4.69) is 23.9 Å². The molecule has 4 nitrogen and oxygen atoms in total. The van der Waals surface area contributed by atoms with Gasteiger partial charge in [-0.2, -0.15) is 0 Å². The maximum Gasteiger partial charge on any atom is 0.292 e. The molecule has 0 spiro atoms. The molecule has 1 aliphatic heterocycles. The van der Waals surface area contributed by atoms with E-state index in [0.717, 1.165) is 31.5 Å². The van der Waals surface area contributed by atoms with Crippen LogP contribution in [0.2, 0.25) is 0 Å². The molecule has 1 aromatic rings. The van der Waals surface area contributed by atoms with Crippen LogP contribution in [0.15, 0.2) is 10.6 Å². The Morgan fingerprint density at radius 2 is 2.14 bits per heavy atom. The molecule has 0 bridgehead atoms. The van der Waals surface area contributed by atoms with Gasteiger partial charge in [-0.05, 0) is 38.0 Å². The van der Waals surface area contributed by atoms with Crippen molar-refractivity contribution in [3.05, 3.63) is 17.5 Å². The van der Waals surface area contributed by atoms with Gasteiger partial charge in [0.25, 0.3) is 5.91 Å². The minimum absolute atomic E-state index is 0.0476. The van der Waals surface area contributed by atoms with Crippen molar-refractivity contribution in [2.45, 2.75) is 70.8 Å². The largest absolute Gasteiger partial charge is 0.351 e. The van der Waals surface area contributed by atoms with Gasteiger partial charge in [0.05, 0.1) is 5.69 Å². The highest BCUT2D eigenvalue weighted by Gasteiger charge is 2.37. The summed E-state index contributed by atoms with van der Waals surface area (Å²) in [6.45, 7) is 5.11. The maximum atomic E-state index is 12.7. The third-order valence-electron chi connectivity index (χ3n) is 5.36. The Morgan fingerprint density at radius 3 is 2.86 bits per heavy atom. The number of rotatable bonds is 4. The molecule has 116 valence electrons. The fourth-order valence-corrected chi connectivity index (χ4v) is 3.85. The molecule has 0 unspecified atom stereocenters. The summed E-state index contributed by atoms with van der Waals surface area (Å²) >= 11 is 0. The number of carbonyl (C=O) groups excluding carboxylic acids is 1. The normalized spacial score (nSPS) is 24.7. The molecule has 3 rings (SSSR count). The summed E-state index contributed by atoms with van der Waals surface area (Å²) in [7, 11) is 0. The van der Waals surface area contributed by atoms with Crippen LogP contribution in [0.25, 0.3) is 0 Å². The van der Waals surface area contributed by atoms with Gasteiger partial charge in [0.1, 0.15) is 0 Å². The number of hydrogen-bond acceptors (Lipinski definition) is 3. The Kier molecular flexibility index (Phi) is 4.32. The first-order valence-corrected chi connectivity index (χ1v) is 8.48. The summed E-state index contributed by atoms with van der Waals surface area (Å²) < 4.78 is 5.33. The molecule has 0 radical (unpaired) electrons. The molecule has 2 aliphatic rings. The van der Waals surface area contributed by atoms with E-state index < -0.39 is 0 Å². The van der Waals surface area contributed by atoms with Gasteiger partial charge in [-0.1, -0.05) is 31.8 Å². The van der Waals surface area contributed by atoms with Gasteiger partial charge in [-0.15, -0.1) is 0 Å². The number of aromatic nitrogens is 1. The van der Waals surface area contributed by atoms with Gasteiger partial charge in [0, 0.05) is 24.6 Å². The predicted octanol–water partition coefficient (Wildman–Crippen LogP) is 3.98. The van der Waals surface area contributed by atoms with Crippen LogP contribution >= 0.6 is 0 Å². The van der Waals surface area contributed by atoms with Crippen LogP contribution in [0.3, 0.4) is 0 Å². The highest BCUT2D eigenvalue weighted by molar-refractivity contribution is 5.92. The van der Waals surface area contributed by atoms with Gasteiger partial charge in [-0.25, -0.2) is 0 Å². The van der Waals surface area contributed by atoms with Crippen molar-refractivity contribution >= 4 is 5.91 Å². The zero-order chi connectivity index (χ0) is 14.8. The lowest BCUT2D eigenvalue weighted by molar-refractivity contribution is 0.0647. The van der Waals surface area contributed by atoms with E-state index in [1.54, 1.807) is 0 Å². The molecular weight excluding hydrogens is 264 g/mol. The Balaban J connectivity index is 1.72. The molecule has 2 fully saturated rings. The number of hydrogen-bond donors (Lipinski definition) is 0. The second-order valence-electron chi connectivity index (χ2n) is 6.68. The summed E-state index contributed by atoms with van der Waals surface area (Å²) in [6.07, 6.45) is 8.50. The lowest BCUT2D eigenvalue weighted by Gasteiger charge is -2.28. The van der Waals surface area contributed by atoms with Crippen LogP contribution in [0.1, 0.15) is 81.0 Å². The van der Waals surface area contributed by atoms with Crippen molar-refractivity contribution in [3.8, 4) is 0 Å². The van der Waals surface area contributed by atoms with E-state index in [1.807, 2.05) is 6.07 Å². The monoisotopic (exact) mass is 290 g/mol. The van der Waals surface area contributed by atoms with E-state index in [0.29, 0.717) is 23.6 Å². The van der Waals surface area contributed by atoms with Crippen molar-refractivity contribution in [3.63, 3.8) is 0 Å². The van der Waals surface area contributed by atoms with E-state index in [4.69, 9.17) is 4.52 Å². The highest BCUT2D eigenvalue weighted by Crippen LogP contribution is 2.36. The number of nitrogens with zero attached hydrogens (tertiary/aromatic N) is 2. The SMILES string of the molecule is CC[C@@H](C)c1cc(C(=O)N2CCC[C@@H]2C2CCCC2)on1. The molecule has 2 heterocycles. The lowest BCUT2D eigenvalue weighted by Crippen LogP contribution is -2.39. The van der Waals surface area contributed by atoms with Crippen molar-refractivity contribution in [1.29, 1.82) is 0 Å². The Hall–Kier alpha value is -1.32. The van der Waals surface area contributed by atoms with Crippen LogP contribution in [0.4, 0.5) is 0 Å². The Labute approximate surface area is 126 Å². The zero-order valence-corrected chi connectivity index (χ0v) is 13.2. The van der Waals surface area contributed by atoms with Crippen LogP contribution in [-0.4, -0.2) is 28.6 Å². The molecule has 0 N–H and O–H groups in total. The van der Waals surface area contributed by atoms with Crippen molar-refractivity contribution in [2.24, 2.45) is 5.92 Å². The maximum absolute atomic E-state index is 12.7. The number of amides is 1. The van der Waals surface area contributed by atoms with Crippen LogP contribution in [-0.2, 0) is 0 Å². The summed E-state index contributed by atoms with van der Waals surface area (Å²) in [5, 5.41) is 4.08. The fraction of sp³-hybridized carbons (Fsp3) is 0.765. The molecule has 1 aliphatic carbocycles. The van der Waals surface area contributed by atoms with Gasteiger partial charge < -0.3 is 9.42 Å². The van der Waals surface area contributed by atoms with Crippen molar-refractivity contribution < 1.29 is 9.32 Å². The van der Waals surface area contributed by atoms with E-state index in [-0.39, 0.29) is 5.91 Å². The molecule has 1 aromatic heterocycles. The molecule has 1 saturated heterocycles. The predicted molar refractivity (Wildman–Crippen MR) is 81.2 cm³/mol. The Bertz CT molecular complexity index is 491. The standard InChI is InChI=1S/C17H26N2O2/c1-3-12(2)14-11-16(21-18-14)17(20)19-10-6-9-15(19)13-7-4-5-8-13/h11-13,15H,3-10H2,1-2H3/t12-,15-/m1/s1. The number of carbonyl (C=O) groups is 1. The minimum atomic E-state index is 0.0476. The highest BCUT2D eigenvalue weighted by atomic mass is 16.5. The smallest absolute Gasteiger partial charge is 0.292 e. The molecule has 1 saturated carbocycles. The zero-order valence-electron chi connectivity index (χ0n) is 13.2. The first kappa shape index (κ1) is 14.6. The molecule has 2 atom stereocenters. The summed E-state index contributed by atoms with van der Waals surface area (Å²) in [5.41, 5.74) is 0.900. The van der Waals surface area contributed by atoms with E-state index in [9.17, 15) is 4.79 Å². The average molecular weight is 290 g/mol. The van der Waals surface area contributed by atoms with E-state index in [1.165, 1.54) is 25.7 Å². The topological polar surface area (TPSA) is 46.3 Å². The average Bonchev–Trinajstić information content (AvgIpc) is 3.25. The molecular formula is C17H26N2O2. The van der Waals surface area contributed by atoms with Crippen molar-refractivity contribution in [2.75, 3.05) is 6.54 Å². The first-order valence-electron chi connectivity index (χ1n) is 8.48. The quantitative estimate of drug-likeness (QED) is 0.842. The van der Waals surface area contributed by atoms with Crippen LogP contribution < -0.4 is 0 Å². The third-order valence-corrected chi connectivity index (χ3v) is 5.36. The van der Waals surface area contributed by atoms with E-state index >= 15 is 0 Å². The first-order chi connectivity index (χ1) is 10.2. The fourth-order valence-electron chi connectivity index (χ4n) is 3.85. The number of likely N-dealkylation sites (tertiary alicyclic amines) is 1. The van der Waals surface area contributed by atoms with Gasteiger partial charge >= 0.3 is 0 Å². The van der Waals surface area contributed by atoms with Gasteiger partial charge in [0.2, 0.25) is 5.76 Å². The van der Waals surface area contributed by atoms with Crippen LogP contribution in [0.5, 0.6) is 0 Å². The molecule has 0 aromatic carbocycles. The van der Waals surface area contributed by atoms with Crippen molar-refractivity contribution in [1.82, 2.24) is 10.1 Å². The summed E-state index contributed by atoms with van der Waals surface area (Å²) in [4.78, 5) is 14.8.